The van der Waals surface area contributed by atoms with E-state index in [4.69, 9.17) is 28.2 Å². The molecule has 5 rings (SSSR count). The molecule has 1 saturated heterocycles. The summed E-state index contributed by atoms with van der Waals surface area (Å²) in [5.41, 5.74) is 1.21. The Bertz CT molecular complexity index is 897. The van der Waals surface area contributed by atoms with Crippen LogP contribution in [0.1, 0.15) is 69.8 Å². The molecule has 2 heterocycles. The van der Waals surface area contributed by atoms with Crippen molar-refractivity contribution < 1.29 is 4.79 Å². The average molecular weight is 506 g/mol. The molecule has 34 heavy (non-hydrogen) atoms. The zero-order valence-electron chi connectivity index (χ0n) is 20.2. The second-order valence-corrected chi connectivity index (χ2v) is 11.5. The van der Waals surface area contributed by atoms with E-state index in [1.54, 1.807) is 0 Å². The number of carbonyl (C=O) groups excluding carboxylic acids is 1. The molecule has 2 aliphatic carbocycles. The van der Waals surface area contributed by atoms with Crippen molar-refractivity contribution in [2.75, 3.05) is 26.2 Å². The van der Waals surface area contributed by atoms with Crippen LogP contribution in [0.5, 0.6) is 0 Å². The number of nitrogens with zero attached hydrogens (tertiary/aromatic N) is 3. The van der Waals surface area contributed by atoms with Crippen molar-refractivity contribution in [3.8, 4) is 0 Å². The molecule has 1 aromatic carbocycles. The fourth-order valence-electron chi connectivity index (χ4n) is 6.24. The van der Waals surface area contributed by atoms with E-state index in [0.717, 1.165) is 64.2 Å². The lowest BCUT2D eigenvalue weighted by molar-refractivity contribution is -0.127. The maximum atomic E-state index is 12.2. The number of benzene rings is 1. The van der Waals surface area contributed by atoms with Gasteiger partial charge in [0, 0.05) is 31.6 Å². The average Bonchev–Trinajstić information content (AvgIpc) is 3.36. The molecule has 4 aliphatic rings. The first kappa shape index (κ1) is 24.2. The highest BCUT2D eigenvalue weighted by Crippen LogP contribution is 2.36. The number of fused-ring (bicyclic) bond motifs is 1. The molecule has 2 saturated carbocycles. The number of guanidine groups is 1. The Labute approximate surface area is 214 Å². The topological polar surface area (TPSA) is 47.9 Å². The highest BCUT2D eigenvalue weighted by atomic mass is 35.5. The molecule has 2 atom stereocenters. The van der Waals surface area contributed by atoms with Crippen LogP contribution in [-0.2, 0) is 11.2 Å². The Hall–Kier alpha value is -1.46. The van der Waals surface area contributed by atoms with E-state index >= 15 is 0 Å². The second-order valence-electron chi connectivity index (χ2n) is 10.7. The fraction of sp³-hybridized carbons (Fsp3) is 0.704. The van der Waals surface area contributed by atoms with E-state index in [1.165, 1.54) is 50.0 Å². The van der Waals surface area contributed by atoms with Crippen LogP contribution in [0.2, 0.25) is 10.0 Å². The number of nitrogens with one attached hydrogen (secondary N) is 1. The van der Waals surface area contributed by atoms with Crippen LogP contribution >= 0.6 is 23.2 Å². The molecule has 5 nitrogen and oxygen atoms in total. The molecule has 0 unspecified atom stereocenters. The summed E-state index contributed by atoms with van der Waals surface area (Å²) in [5.74, 6) is 2.52. The quantitative estimate of drug-likeness (QED) is 0.449. The predicted molar refractivity (Wildman–Crippen MR) is 140 cm³/mol. The minimum atomic E-state index is 0.261. The second kappa shape index (κ2) is 11.1. The number of amides is 1. The molecule has 2 aliphatic heterocycles. The first-order chi connectivity index (χ1) is 16.6. The summed E-state index contributed by atoms with van der Waals surface area (Å²) in [5, 5.41) is 4.40. The van der Waals surface area contributed by atoms with Gasteiger partial charge in [-0.1, -0.05) is 55.0 Å². The van der Waals surface area contributed by atoms with Gasteiger partial charge in [-0.2, -0.15) is 0 Å². The Morgan fingerprint density at radius 1 is 1.06 bits per heavy atom. The third-order valence-electron chi connectivity index (χ3n) is 8.49. The van der Waals surface area contributed by atoms with Gasteiger partial charge in [-0.25, -0.2) is 0 Å². The summed E-state index contributed by atoms with van der Waals surface area (Å²) in [6, 6.07) is 6.99. The Morgan fingerprint density at radius 3 is 2.62 bits per heavy atom. The van der Waals surface area contributed by atoms with Crippen molar-refractivity contribution >= 4 is 35.1 Å². The van der Waals surface area contributed by atoms with Gasteiger partial charge in [0.2, 0.25) is 5.91 Å². The van der Waals surface area contributed by atoms with Gasteiger partial charge in [-0.3, -0.25) is 9.79 Å². The van der Waals surface area contributed by atoms with Crippen molar-refractivity contribution in [1.29, 1.82) is 0 Å². The lowest BCUT2D eigenvalue weighted by atomic mass is 9.83. The number of hydrogen-bond donors (Lipinski definition) is 1. The van der Waals surface area contributed by atoms with Crippen LogP contribution in [0.3, 0.4) is 0 Å². The van der Waals surface area contributed by atoms with E-state index < -0.39 is 0 Å². The van der Waals surface area contributed by atoms with Crippen molar-refractivity contribution in [3.63, 3.8) is 0 Å². The van der Waals surface area contributed by atoms with E-state index in [0.29, 0.717) is 22.1 Å². The van der Waals surface area contributed by atoms with Crippen LogP contribution in [0.15, 0.2) is 23.2 Å². The Kier molecular flexibility index (Phi) is 7.90. The van der Waals surface area contributed by atoms with Crippen LogP contribution in [0.25, 0.3) is 0 Å². The van der Waals surface area contributed by atoms with Gasteiger partial charge in [0.05, 0.1) is 22.6 Å². The lowest BCUT2D eigenvalue weighted by Crippen LogP contribution is -2.41. The minimum absolute atomic E-state index is 0.261. The van der Waals surface area contributed by atoms with Crippen molar-refractivity contribution in [1.82, 2.24) is 15.1 Å². The Balaban J connectivity index is 1.21. The molecule has 0 aromatic heterocycles. The van der Waals surface area contributed by atoms with Gasteiger partial charge in [-0.05, 0) is 68.6 Å². The maximum Gasteiger partial charge on any atom is 0.223 e. The van der Waals surface area contributed by atoms with Crippen molar-refractivity contribution in [2.24, 2.45) is 16.8 Å². The maximum absolute atomic E-state index is 12.2. The summed E-state index contributed by atoms with van der Waals surface area (Å²) >= 11 is 12.4. The molecule has 7 heteroatoms. The highest BCUT2D eigenvalue weighted by Gasteiger charge is 2.44. The number of carbonyl (C=O) groups is 1. The molecule has 0 radical (unpaired) electrons. The molecule has 186 valence electrons. The SMILES string of the molecule is O=C(NCCC[C@H]1CN2C(=NC[C@@H]2C2CCCCC2)N1CCc1ccc(Cl)c(Cl)c1)C1CCC1. The normalized spacial score (nSPS) is 25.3. The molecule has 0 bridgehead atoms. The van der Waals surface area contributed by atoms with Crippen LogP contribution < -0.4 is 5.32 Å². The minimum Gasteiger partial charge on any atom is -0.356 e. The third-order valence-corrected chi connectivity index (χ3v) is 9.23. The molecule has 3 fully saturated rings. The fourth-order valence-corrected chi connectivity index (χ4v) is 6.56. The zero-order chi connectivity index (χ0) is 23.5. The van der Waals surface area contributed by atoms with Crippen molar-refractivity contribution in [3.05, 3.63) is 33.8 Å². The number of halogens is 2. The summed E-state index contributed by atoms with van der Waals surface area (Å²) in [7, 11) is 0. The lowest BCUT2D eigenvalue weighted by Gasteiger charge is -2.33. The molecular formula is C27H38Cl2N4O. The third kappa shape index (κ3) is 5.36. The van der Waals surface area contributed by atoms with Crippen LogP contribution in [0, 0.1) is 11.8 Å². The van der Waals surface area contributed by atoms with Gasteiger partial charge < -0.3 is 15.1 Å². The van der Waals surface area contributed by atoms with Crippen molar-refractivity contribution in [2.45, 2.75) is 82.7 Å². The largest absolute Gasteiger partial charge is 0.356 e. The van der Waals surface area contributed by atoms with Crippen LogP contribution in [0.4, 0.5) is 0 Å². The summed E-state index contributed by atoms with van der Waals surface area (Å²) in [4.78, 5) is 22.5. The van der Waals surface area contributed by atoms with E-state index in [-0.39, 0.29) is 11.8 Å². The number of rotatable bonds is 9. The summed E-state index contributed by atoms with van der Waals surface area (Å²) in [6.45, 7) is 3.74. The summed E-state index contributed by atoms with van der Waals surface area (Å²) in [6.07, 6.45) is 13.2. The monoisotopic (exact) mass is 504 g/mol. The first-order valence-corrected chi connectivity index (χ1v) is 14.1. The standard InChI is InChI=1S/C27H38Cl2N4O/c28-23-12-11-19(16-24(23)29)13-15-32-22(10-5-14-30-26(34)21-8-4-9-21)18-33-25(17-31-27(32)33)20-6-2-1-3-7-20/h11-12,16,20-22,25H,1-10,13-15,17-18H2,(H,30,34)/t22-,25+/m0/s1. The molecule has 0 spiro atoms. The van der Waals surface area contributed by atoms with Gasteiger partial charge in [0.1, 0.15) is 0 Å². The van der Waals surface area contributed by atoms with Gasteiger partial charge >= 0.3 is 0 Å². The van der Waals surface area contributed by atoms with E-state index in [1.807, 2.05) is 12.1 Å². The highest BCUT2D eigenvalue weighted by molar-refractivity contribution is 6.42. The number of hydrogen-bond acceptors (Lipinski definition) is 4. The summed E-state index contributed by atoms with van der Waals surface area (Å²) < 4.78 is 0. The predicted octanol–water partition coefficient (Wildman–Crippen LogP) is 5.54. The molecular weight excluding hydrogens is 467 g/mol. The number of aliphatic imine (C=N–C) groups is 1. The van der Waals surface area contributed by atoms with E-state index in [2.05, 4.69) is 21.2 Å². The zero-order valence-corrected chi connectivity index (χ0v) is 21.7. The van der Waals surface area contributed by atoms with Gasteiger partial charge in [-0.15, -0.1) is 0 Å². The molecule has 1 aromatic rings. The first-order valence-electron chi connectivity index (χ1n) is 13.4. The van der Waals surface area contributed by atoms with Gasteiger partial charge in [0.25, 0.3) is 0 Å². The van der Waals surface area contributed by atoms with Gasteiger partial charge in [0.15, 0.2) is 5.96 Å². The Morgan fingerprint density at radius 2 is 1.88 bits per heavy atom. The molecule has 1 N–H and O–H groups in total. The van der Waals surface area contributed by atoms with E-state index in [9.17, 15) is 4.79 Å². The smallest absolute Gasteiger partial charge is 0.223 e. The van der Waals surface area contributed by atoms with Crippen LogP contribution in [-0.4, -0.2) is 59.9 Å². The molecule has 1 amide bonds.